The van der Waals surface area contributed by atoms with Crippen LogP contribution in [0.5, 0.6) is 0 Å². The Morgan fingerprint density at radius 3 is 2.62 bits per heavy atom. The van der Waals surface area contributed by atoms with E-state index in [0.29, 0.717) is 5.70 Å². The van der Waals surface area contributed by atoms with Crippen molar-refractivity contribution in [2.75, 3.05) is 5.32 Å². The third-order valence-corrected chi connectivity index (χ3v) is 5.44. The molecule has 0 spiro atoms. The highest BCUT2D eigenvalue weighted by Crippen LogP contribution is 2.28. The van der Waals surface area contributed by atoms with Crippen LogP contribution in [0.25, 0.3) is 0 Å². The van der Waals surface area contributed by atoms with Gasteiger partial charge >= 0.3 is 6.03 Å². The molecule has 6 nitrogen and oxygen atoms in total. The van der Waals surface area contributed by atoms with E-state index in [-0.39, 0.29) is 6.54 Å². The van der Waals surface area contributed by atoms with Gasteiger partial charge < -0.3 is 5.32 Å². The topological polar surface area (TPSA) is 78.5 Å². The van der Waals surface area contributed by atoms with Crippen molar-refractivity contribution in [3.8, 4) is 0 Å². The number of barbiturate groups is 1. The number of anilines is 1. The minimum atomic E-state index is -1.09. The van der Waals surface area contributed by atoms with Crippen LogP contribution in [0.1, 0.15) is 30.0 Å². The number of benzene rings is 2. The SMILES string of the molecule is C/C=C(/Nc1ccc2c(c1)CCC2)[C@@H]1C(=O)NC(=O)N(Cc2ccccc2)C1=O. The normalized spacial score (nSPS) is 19.2. The lowest BCUT2D eigenvalue weighted by molar-refractivity contribution is -0.141. The molecule has 0 bridgehead atoms. The average Bonchev–Trinajstić information content (AvgIpc) is 3.19. The molecule has 2 aliphatic rings. The summed E-state index contributed by atoms with van der Waals surface area (Å²) in [4.78, 5) is 39.0. The van der Waals surface area contributed by atoms with Gasteiger partial charge in [0.1, 0.15) is 0 Å². The molecule has 1 atom stereocenters. The summed E-state index contributed by atoms with van der Waals surface area (Å²) in [6.07, 6.45) is 4.99. The Hall–Kier alpha value is -3.41. The lowest BCUT2D eigenvalue weighted by Gasteiger charge is -2.31. The van der Waals surface area contributed by atoms with Crippen LogP contribution in [0.15, 0.2) is 60.3 Å². The number of hydrogen-bond donors (Lipinski definition) is 2. The van der Waals surface area contributed by atoms with Gasteiger partial charge in [-0.05, 0) is 55.0 Å². The number of rotatable bonds is 5. The first kappa shape index (κ1) is 18.9. The molecule has 4 rings (SSSR count). The zero-order valence-electron chi connectivity index (χ0n) is 16.3. The fraction of sp³-hybridized carbons (Fsp3) is 0.261. The first-order chi connectivity index (χ1) is 14.1. The van der Waals surface area contributed by atoms with Crippen molar-refractivity contribution < 1.29 is 14.4 Å². The molecule has 2 N–H and O–H groups in total. The fourth-order valence-electron chi connectivity index (χ4n) is 3.93. The number of imide groups is 2. The summed E-state index contributed by atoms with van der Waals surface area (Å²) in [5.74, 6) is -2.22. The van der Waals surface area contributed by atoms with Crippen LogP contribution in [0.2, 0.25) is 0 Å². The first-order valence-electron chi connectivity index (χ1n) is 9.82. The number of amides is 4. The zero-order valence-corrected chi connectivity index (χ0v) is 16.3. The van der Waals surface area contributed by atoms with Crippen LogP contribution >= 0.6 is 0 Å². The number of carbonyl (C=O) groups is 3. The second kappa shape index (κ2) is 7.91. The molecule has 0 radical (unpaired) electrons. The number of aryl methyl sites for hydroxylation is 2. The highest BCUT2D eigenvalue weighted by atomic mass is 16.2. The van der Waals surface area contributed by atoms with Gasteiger partial charge in [0.2, 0.25) is 11.8 Å². The highest BCUT2D eigenvalue weighted by Gasteiger charge is 2.42. The molecular weight excluding hydrogens is 366 g/mol. The molecular formula is C23H23N3O3. The van der Waals surface area contributed by atoms with Gasteiger partial charge in [-0.2, -0.15) is 0 Å². The van der Waals surface area contributed by atoms with Crippen molar-refractivity contribution in [2.45, 2.75) is 32.7 Å². The van der Waals surface area contributed by atoms with Crippen LogP contribution < -0.4 is 10.6 Å². The van der Waals surface area contributed by atoms with Crippen LogP contribution in [0, 0.1) is 5.92 Å². The number of urea groups is 1. The van der Waals surface area contributed by atoms with E-state index in [1.807, 2.05) is 36.4 Å². The van der Waals surface area contributed by atoms with E-state index in [9.17, 15) is 14.4 Å². The molecule has 148 valence electrons. The summed E-state index contributed by atoms with van der Waals surface area (Å²) in [7, 11) is 0. The lowest BCUT2D eigenvalue weighted by Crippen LogP contribution is -2.58. The Morgan fingerprint density at radius 1 is 1.10 bits per heavy atom. The standard InChI is InChI=1S/C23H23N3O3/c1-2-19(24-18-12-11-16-9-6-10-17(16)13-18)20-21(27)25-23(29)26(22(20)28)14-15-7-4-3-5-8-15/h2-5,7-8,11-13,20,24H,6,9-10,14H2,1H3,(H,25,27,29)/b19-2+/t20-/m1/s1. The van der Waals surface area contributed by atoms with Crippen molar-refractivity contribution in [1.29, 1.82) is 0 Å². The van der Waals surface area contributed by atoms with Gasteiger partial charge in [0.15, 0.2) is 5.92 Å². The highest BCUT2D eigenvalue weighted by molar-refractivity contribution is 6.18. The van der Waals surface area contributed by atoms with Gasteiger partial charge in [-0.1, -0.05) is 42.5 Å². The van der Waals surface area contributed by atoms with E-state index < -0.39 is 23.8 Å². The summed E-state index contributed by atoms with van der Waals surface area (Å²) in [5, 5.41) is 5.55. The Bertz CT molecular complexity index is 998. The average molecular weight is 389 g/mol. The monoisotopic (exact) mass is 389 g/mol. The van der Waals surface area contributed by atoms with Gasteiger partial charge in [0, 0.05) is 11.4 Å². The molecule has 29 heavy (non-hydrogen) atoms. The predicted molar refractivity (Wildman–Crippen MR) is 110 cm³/mol. The van der Waals surface area contributed by atoms with E-state index in [0.717, 1.165) is 35.4 Å². The smallest absolute Gasteiger partial charge is 0.331 e. The molecule has 0 saturated carbocycles. The molecule has 6 heteroatoms. The fourth-order valence-corrected chi connectivity index (χ4v) is 3.93. The Kier molecular flexibility index (Phi) is 5.16. The maximum Gasteiger partial charge on any atom is 0.331 e. The minimum absolute atomic E-state index is 0.116. The molecule has 1 saturated heterocycles. The van der Waals surface area contributed by atoms with Gasteiger partial charge in [-0.3, -0.25) is 19.8 Å². The van der Waals surface area contributed by atoms with Crippen LogP contribution in [0.3, 0.4) is 0 Å². The third kappa shape index (κ3) is 3.78. The van der Waals surface area contributed by atoms with E-state index in [4.69, 9.17) is 0 Å². The zero-order chi connectivity index (χ0) is 20.4. The number of allylic oxidation sites excluding steroid dienone is 1. The van der Waals surface area contributed by atoms with E-state index in [1.165, 1.54) is 11.1 Å². The summed E-state index contributed by atoms with van der Waals surface area (Å²) in [6.45, 7) is 1.89. The molecule has 1 fully saturated rings. The number of nitrogens with one attached hydrogen (secondary N) is 2. The predicted octanol–water partition coefficient (Wildman–Crippen LogP) is 3.39. The molecule has 2 aromatic carbocycles. The molecule has 1 aliphatic carbocycles. The van der Waals surface area contributed by atoms with Crippen LogP contribution in [0.4, 0.5) is 10.5 Å². The third-order valence-electron chi connectivity index (χ3n) is 5.44. The van der Waals surface area contributed by atoms with Gasteiger partial charge in [-0.25, -0.2) is 4.79 Å². The second-order valence-corrected chi connectivity index (χ2v) is 7.34. The van der Waals surface area contributed by atoms with E-state index >= 15 is 0 Å². The van der Waals surface area contributed by atoms with Crippen LogP contribution in [-0.2, 0) is 29.0 Å². The molecule has 0 aromatic heterocycles. The maximum absolute atomic E-state index is 13.1. The number of carbonyl (C=O) groups excluding carboxylic acids is 3. The summed E-state index contributed by atoms with van der Waals surface area (Å²) in [5.41, 5.74) is 4.77. The largest absolute Gasteiger partial charge is 0.358 e. The van der Waals surface area contributed by atoms with Crippen molar-refractivity contribution in [3.63, 3.8) is 0 Å². The molecule has 1 aliphatic heterocycles. The van der Waals surface area contributed by atoms with Gasteiger partial charge in [0.25, 0.3) is 0 Å². The van der Waals surface area contributed by atoms with E-state index in [2.05, 4.69) is 22.8 Å². The van der Waals surface area contributed by atoms with Gasteiger partial charge in [0.05, 0.1) is 6.54 Å². The first-order valence-corrected chi connectivity index (χ1v) is 9.82. The Balaban J connectivity index is 1.56. The Labute approximate surface area is 169 Å². The summed E-state index contributed by atoms with van der Waals surface area (Å²) in [6, 6.07) is 14.7. The summed E-state index contributed by atoms with van der Waals surface area (Å²) < 4.78 is 0. The molecule has 2 aromatic rings. The Morgan fingerprint density at radius 2 is 1.86 bits per heavy atom. The van der Waals surface area contributed by atoms with Crippen molar-refractivity contribution >= 4 is 23.5 Å². The number of fused-ring (bicyclic) bond motifs is 1. The maximum atomic E-state index is 13.1. The van der Waals surface area contributed by atoms with Crippen LogP contribution in [-0.4, -0.2) is 22.7 Å². The van der Waals surface area contributed by atoms with Crippen molar-refractivity contribution in [2.24, 2.45) is 5.92 Å². The van der Waals surface area contributed by atoms with E-state index in [1.54, 1.807) is 13.0 Å². The quantitative estimate of drug-likeness (QED) is 0.769. The minimum Gasteiger partial charge on any atom is -0.358 e. The van der Waals surface area contributed by atoms with Crippen molar-refractivity contribution in [3.05, 3.63) is 77.0 Å². The van der Waals surface area contributed by atoms with Crippen molar-refractivity contribution in [1.82, 2.24) is 10.2 Å². The number of hydrogen-bond acceptors (Lipinski definition) is 4. The molecule has 4 amide bonds. The molecule has 1 heterocycles. The summed E-state index contributed by atoms with van der Waals surface area (Å²) >= 11 is 0. The molecule has 0 unspecified atom stereocenters. The lowest BCUT2D eigenvalue weighted by atomic mass is 9.99. The van der Waals surface area contributed by atoms with Gasteiger partial charge in [-0.15, -0.1) is 0 Å². The second-order valence-electron chi connectivity index (χ2n) is 7.34. The number of nitrogens with zero attached hydrogens (tertiary/aromatic N) is 1.